The molecular formula is C29H47NO10. The van der Waals surface area contributed by atoms with Crippen molar-refractivity contribution in [1.29, 1.82) is 0 Å². The lowest BCUT2D eigenvalue weighted by molar-refractivity contribution is -0.290. The van der Waals surface area contributed by atoms with Crippen LogP contribution in [0.1, 0.15) is 74.7 Å². The van der Waals surface area contributed by atoms with E-state index in [2.05, 4.69) is 5.32 Å². The topological polar surface area (TPSA) is 139 Å². The summed E-state index contributed by atoms with van der Waals surface area (Å²) in [5, 5.41) is 14.2. The predicted octanol–water partition coefficient (Wildman–Crippen LogP) is 2.75. The number of carbonyl (C=O) groups is 3. The van der Waals surface area contributed by atoms with Gasteiger partial charge in [0, 0.05) is 17.9 Å². The average molecular weight is 570 g/mol. The number of carbonyl (C=O) groups excluding carboxylic acids is 3. The molecule has 0 saturated carbocycles. The van der Waals surface area contributed by atoms with E-state index >= 15 is 0 Å². The molecule has 0 aromatic heterocycles. The molecule has 11 heteroatoms. The van der Waals surface area contributed by atoms with Gasteiger partial charge in [-0.05, 0) is 59.9 Å². The van der Waals surface area contributed by atoms with Gasteiger partial charge in [0.25, 0.3) is 0 Å². The molecule has 6 unspecified atom stereocenters. The molecule has 4 heterocycles. The number of aliphatic hydroxyl groups excluding tert-OH is 1. The summed E-state index contributed by atoms with van der Waals surface area (Å²) in [5.74, 6) is -3.41. The maximum Gasteiger partial charge on any atom is 0.509 e. The van der Waals surface area contributed by atoms with Crippen LogP contribution in [0.15, 0.2) is 0 Å². The number of fused-ring (bicyclic) bond motifs is 2. The van der Waals surface area contributed by atoms with E-state index in [9.17, 15) is 19.5 Å². The van der Waals surface area contributed by atoms with Gasteiger partial charge < -0.3 is 38.8 Å². The number of ketones is 1. The molecular weight excluding hydrogens is 522 g/mol. The summed E-state index contributed by atoms with van der Waals surface area (Å²) in [6.45, 7) is 14.6. The first-order valence-corrected chi connectivity index (χ1v) is 14.6. The van der Waals surface area contributed by atoms with Crippen LogP contribution >= 0.6 is 0 Å². The number of cyclic esters (lactones) is 3. The van der Waals surface area contributed by atoms with Gasteiger partial charge in [-0.1, -0.05) is 27.7 Å². The van der Waals surface area contributed by atoms with Crippen molar-refractivity contribution in [1.82, 2.24) is 5.32 Å². The normalized spacial score (nSPS) is 50.1. The number of esters is 1. The van der Waals surface area contributed by atoms with Crippen LogP contribution in [0.5, 0.6) is 0 Å². The lowest BCUT2D eigenvalue weighted by atomic mass is 9.76. The van der Waals surface area contributed by atoms with Crippen LogP contribution in [0.2, 0.25) is 0 Å². The third kappa shape index (κ3) is 5.40. The van der Waals surface area contributed by atoms with E-state index < -0.39 is 77.9 Å². The largest absolute Gasteiger partial charge is 0.509 e. The molecule has 40 heavy (non-hydrogen) atoms. The zero-order chi connectivity index (χ0) is 29.7. The minimum Gasteiger partial charge on any atom is -0.457 e. The van der Waals surface area contributed by atoms with Crippen molar-refractivity contribution in [2.24, 2.45) is 23.7 Å². The number of Topliss-reactive ketones (excluding diaryl/α,β-unsaturated/α-hetero) is 1. The fraction of sp³-hybridized carbons (Fsp3) is 0.897. The third-order valence-corrected chi connectivity index (χ3v) is 9.63. The molecule has 0 aromatic rings. The van der Waals surface area contributed by atoms with Gasteiger partial charge in [0.15, 0.2) is 17.7 Å². The molecule has 2 N–H and O–H groups in total. The molecule has 14 atom stereocenters. The number of ether oxygens (including phenoxy) is 6. The molecule has 2 bridgehead atoms. The van der Waals surface area contributed by atoms with Gasteiger partial charge in [-0.2, -0.15) is 0 Å². The van der Waals surface area contributed by atoms with Crippen LogP contribution in [0.3, 0.4) is 0 Å². The fourth-order valence-corrected chi connectivity index (χ4v) is 7.47. The summed E-state index contributed by atoms with van der Waals surface area (Å²) in [6, 6.07) is -0.246. The molecule has 0 amide bonds. The minimum absolute atomic E-state index is 0.0191. The first kappa shape index (κ1) is 31.2. The molecule has 4 rings (SSSR count). The molecule has 4 aliphatic heterocycles. The van der Waals surface area contributed by atoms with Gasteiger partial charge in [0.2, 0.25) is 0 Å². The number of nitrogens with one attached hydrogen (secondary N) is 1. The molecule has 4 fully saturated rings. The Bertz CT molecular complexity index is 976. The molecule has 0 aromatic carbocycles. The van der Waals surface area contributed by atoms with Crippen LogP contribution in [0.4, 0.5) is 4.79 Å². The molecule has 4 saturated heterocycles. The zero-order valence-electron chi connectivity index (χ0n) is 25.2. The Labute approximate surface area is 236 Å². The SMILES string of the molecule is CC[C@H]1OC(=O)O[C@@]1(C)[C@@H]1OC(=O)[C@H](C)C(=O)[C@H](C)[C@@H](OC2OC(C)CC(NC)C2O)[C@]2(C)CC(C)C(O2)[C@@H]1C. The van der Waals surface area contributed by atoms with Gasteiger partial charge >= 0.3 is 12.1 Å². The monoisotopic (exact) mass is 569 g/mol. The minimum atomic E-state index is -1.26. The Kier molecular flexibility index (Phi) is 8.94. The second-order valence-corrected chi connectivity index (χ2v) is 12.7. The highest BCUT2D eigenvalue weighted by Gasteiger charge is 2.61. The van der Waals surface area contributed by atoms with E-state index in [-0.39, 0.29) is 23.8 Å². The Morgan fingerprint density at radius 3 is 2.38 bits per heavy atom. The highest BCUT2D eigenvalue weighted by Crippen LogP contribution is 2.48. The van der Waals surface area contributed by atoms with Crippen molar-refractivity contribution >= 4 is 17.9 Å². The zero-order valence-corrected chi connectivity index (χ0v) is 25.2. The van der Waals surface area contributed by atoms with Gasteiger partial charge in [-0.25, -0.2) is 4.79 Å². The standard InChI is InChI=1S/C29H47NO10/c1-10-19-29(8,40-27(34)36-19)24-17(6)22-13(2)12-28(7,39-22)23(15(4)20(31)16(5)25(33)37-24)38-26-21(32)18(30-9)11-14(3)35-26/h13-19,21-24,26,30,32H,10-12H2,1-9H3/t13?,14?,15-,16+,17-,18?,19+,21?,22?,23+,24+,26?,28-,29+/m0/s1. The van der Waals surface area contributed by atoms with Crippen LogP contribution in [-0.4, -0.2) is 90.2 Å². The van der Waals surface area contributed by atoms with Crippen LogP contribution in [0.25, 0.3) is 0 Å². The lowest BCUT2D eigenvalue weighted by Gasteiger charge is -2.44. The molecule has 228 valence electrons. The summed E-state index contributed by atoms with van der Waals surface area (Å²) in [6.07, 6.45) is -4.13. The summed E-state index contributed by atoms with van der Waals surface area (Å²) in [4.78, 5) is 39.5. The van der Waals surface area contributed by atoms with Crippen LogP contribution in [0, 0.1) is 23.7 Å². The Morgan fingerprint density at radius 1 is 1.07 bits per heavy atom. The van der Waals surface area contributed by atoms with Gasteiger partial charge in [-0.3, -0.25) is 9.59 Å². The van der Waals surface area contributed by atoms with E-state index in [1.165, 1.54) is 6.92 Å². The number of rotatable bonds is 5. The van der Waals surface area contributed by atoms with Crippen molar-refractivity contribution in [3.05, 3.63) is 0 Å². The Balaban J connectivity index is 1.73. The quantitative estimate of drug-likeness (QED) is 0.373. The second-order valence-electron chi connectivity index (χ2n) is 12.7. The average Bonchev–Trinajstić information content (AvgIpc) is 3.38. The summed E-state index contributed by atoms with van der Waals surface area (Å²) >= 11 is 0. The lowest BCUT2D eigenvalue weighted by Crippen LogP contribution is -2.58. The first-order chi connectivity index (χ1) is 18.7. The van der Waals surface area contributed by atoms with E-state index in [1.807, 2.05) is 34.6 Å². The van der Waals surface area contributed by atoms with Gasteiger partial charge in [-0.15, -0.1) is 0 Å². The van der Waals surface area contributed by atoms with Crippen LogP contribution in [-0.2, 0) is 38.0 Å². The van der Waals surface area contributed by atoms with Crippen molar-refractivity contribution in [3.63, 3.8) is 0 Å². The Hall–Kier alpha value is -1.79. The summed E-state index contributed by atoms with van der Waals surface area (Å²) in [5.41, 5.74) is -2.21. The summed E-state index contributed by atoms with van der Waals surface area (Å²) < 4.78 is 36.5. The third-order valence-electron chi connectivity index (χ3n) is 9.63. The van der Waals surface area contributed by atoms with Crippen molar-refractivity contribution in [3.8, 4) is 0 Å². The number of hydrogen-bond donors (Lipinski definition) is 2. The van der Waals surface area contributed by atoms with Gasteiger partial charge in [0.1, 0.15) is 24.2 Å². The fourth-order valence-electron chi connectivity index (χ4n) is 7.47. The van der Waals surface area contributed by atoms with Crippen molar-refractivity contribution in [2.75, 3.05) is 7.05 Å². The van der Waals surface area contributed by atoms with Gasteiger partial charge in [0.05, 0.1) is 23.9 Å². The molecule has 4 aliphatic rings. The highest BCUT2D eigenvalue weighted by molar-refractivity contribution is 6.00. The van der Waals surface area contributed by atoms with Crippen molar-refractivity contribution < 1.29 is 47.9 Å². The maximum atomic E-state index is 13.8. The smallest absolute Gasteiger partial charge is 0.457 e. The Morgan fingerprint density at radius 2 is 1.75 bits per heavy atom. The molecule has 0 spiro atoms. The van der Waals surface area contributed by atoms with Crippen molar-refractivity contribution in [2.45, 2.75) is 135 Å². The first-order valence-electron chi connectivity index (χ1n) is 14.6. The summed E-state index contributed by atoms with van der Waals surface area (Å²) in [7, 11) is 1.77. The van der Waals surface area contributed by atoms with Crippen LogP contribution < -0.4 is 5.32 Å². The molecule has 11 nitrogen and oxygen atoms in total. The maximum absolute atomic E-state index is 13.8. The van der Waals surface area contributed by atoms with E-state index in [0.29, 0.717) is 19.3 Å². The molecule has 0 aliphatic carbocycles. The highest BCUT2D eigenvalue weighted by atomic mass is 16.8. The number of hydrogen-bond acceptors (Lipinski definition) is 11. The van der Waals surface area contributed by atoms with E-state index in [1.54, 1.807) is 20.9 Å². The van der Waals surface area contributed by atoms with E-state index in [0.717, 1.165) is 0 Å². The molecule has 0 radical (unpaired) electrons. The predicted molar refractivity (Wildman–Crippen MR) is 142 cm³/mol. The number of aliphatic hydroxyl groups is 1. The van der Waals surface area contributed by atoms with E-state index in [4.69, 9.17) is 28.4 Å². The number of likely N-dealkylation sites (N-methyl/N-ethyl adjacent to an activating group) is 1. The second kappa shape index (κ2) is 11.5.